The van der Waals surface area contributed by atoms with E-state index in [9.17, 15) is 0 Å². The first-order valence-corrected chi connectivity index (χ1v) is 18.4. The molecule has 52 heavy (non-hydrogen) atoms. The molecule has 0 unspecified atom stereocenters. The van der Waals surface area contributed by atoms with Gasteiger partial charge in [0.05, 0.1) is 16.7 Å². The molecule has 1 aromatic heterocycles. The van der Waals surface area contributed by atoms with E-state index in [1.54, 1.807) is 0 Å². The second-order valence-electron chi connectivity index (χ2n) is 13.4. The fourth-order valence-corrected chi connectivity index (χ4v) is 8.00. The summed E-state index contributed by atoms with van der Waals surface area (Å²) in [6, 6.07) is 43.6. The lowest BCUT2D eigenvalue weighted by molar-refractivity contribution is 0.986. The lowest BCUT2D eigenvalue weighted by Gasteiger charge is -2.29. The Morgan fingerprint density at radius 3 is 2.29 bits per heavy atom. The molecule has 0 spiro atoms. The third-order valence-corrected chi connectivity index (χ3v) is 10.5. The van der Waals surface area contributed by atoms with Gasteiger partial charge in [-0.05, 0) is 110 Å². The van der Waals surface area contributed by atoms with Crippen molar-refractivity contribution in [2.24, 2.45) is 0 Å². The molecule has 3 heteroatoms. The molecule has 0 fully saturated rings. The first-order chi connectivity index (χ1) is 25.7. The number of para-hydroxylation sites is 2. The summed E-state index contributed by atoms with van der Waals surface area (Å²) >= 11 is 0. The number of anilines is 2. The van der Waals surface area contributed by atoms with Gasteiger partial charge in [-0.2, -0.15) is 0 Å². The Hall–Kier alpha value is -6.32. The average Bonchev–Trinajstić information content (AvgIpc) is 3.34. The third-order valence-electron chi connectivity index (χ3n) is 10.5. The van der Waals surface area contributed by atoms with Crippen molar-refractivity contribution >= 4 is 50.5 Å². The summed E-state index contributed by atoms with van der Waals surface area (Å²) in [5.74, 6) is 0.788. The molecular weight excluding hydrogens is 631 g/mol. The number of hydrogen-bond donors (Lipinski definition) is 0. The van der Waals surface area contributed by atoms with E-state index in [-0.39, 0.29) is 0 Å². The van der Waals surface area contributed by atoms with Crippen LogP contribution in [-0.2, 0) is 12.8 Å². The first kappa shape index (κ1) is 31.6. The Kier molecular flexibility index (Phi) is 7.97. The maximum Gasteiger partial charge on any atom is 0.164 e. The second kappa shape index (κ2) is 13.1. The number of benzene rings is 6. The summed E-state index contributed by atoms with van der Waals surface area (Å²) in [4.78, 5) is 12.9. The second-order valence-corrected chi connectivity index (χ2v) is 13.4. The van der Waals surface area contributed by atoms with E-state index in [0.717, 1.165) is 69.8 Å². The lowest BCUT2D eigenvalue weighted by Crippen LogP contribution is -2.16. The predicted octanol–water partition coefficient (Wildman–Crippen LogP) is 12.8. The van der Waals surface area contributed by atoms with Gasteiger partial charge in [-0.25, -0.2) is 9.97 Å². The highest BCUT2D eigenvalue weighted by molar-refractivity contribution is 6.13. The minimum absolute atomic E-state index is 0.788. The van der Waals surface area contributed by atoms with Gasteiger partial charge in [-0.3, -0.25) is 4.90 Å². The van der Waals surface area contributed by atoms with Gasteiger partial charge < -0.3 is 0 Å². The Morgan fingerprint density at radius 1 is 0.692 bits per heavy atom. The van der Waals surface area contributed by atoms with E-state index in [0.29, 0.717) is 0 Å². The van der Waals surface area contributed by atoms with Gasteiger partial charge in [0.1, 0.15) is 5.69 Å². The largest absolute Gasteiger partial charge is 0.299 e. The number of fused-ring (bicyclic) bond motifs is 7. The SMILES string of the molecule is C=C1/C2=C\C=C/N(c3nc4ccccc4nc3-c3ccc(-c4ccc5c(c4)C=CCC5)cc3)c3cc4ccccc4c(c31)Cc1ccccc12.CC. The van der Waals surface area contributed by atoms with Crippen LogP contribution in [0.25, 0.3) is 61.4 Å². The molecule has 0 atom stereocenters. The van der Waals surface area contributed by atoms with E-state index in [1.807, 2.05) is 38.1 Å². The zero-order chi connectivity index (χ0) is 35.2. The summed E-state index contributed by atoms with van der Waals surface area (Å²) in [6.07, 6.45) is 14.1. The van der Waals surface area contributed by atoms with Gasteiger partial charge in [0.25, 0.3) is 0 Å². The van der Waals surface area contributed by atoms with Crippen molar-refractivity contribution in [2.75, 3.05) is 4.90 Å². The highest BCUT2D eigenvalue weighted by Crippen LogP contribution is 2.49. The van der Waals surface area contributed by atoms with Gasteiger partial charge in [-0.1, -0.05) is 136 Å². The zero-order valence-electron chi connectivity index (χ0n) is 29.6. The average molecular weight is 670 g/mol. The number of hydrogen-bond acceptors (Lipinski definition) is 3. The van der Waals surface area contributed by atoms with E-state index in [1.165, 1.54) is 49.7 Å². The topological polar surface area (TPSA) is 29.0 Å². The molecule has 0 radical (unpaired) electrons. The molecule has 0 N–H and O–H groups in total. The van der Waals surface area contributed by atoms with E-state index in [2.05, 4.69) is 132 Å². The van der Waals surface area contributed by atoms with Gasteiger partial charge in [0.15, 0.2) is 5.82 Å². The highest BCUT2D eigenvalue weighted by atomic mass is 15.2. The van der Waals surface area contributed by atoms with E-state index >= 15 is 0 Å². The number of aryl methyl sites for hydroxylation is 1. The van der Waals surface area contributed by atoms with Crippen molar-refractivity contribution in [1.29, 1.82) is 0 Å². The molecule has 0 amide bonds. The fourth-order valence-electron chi connectivity index (χ4n) is 8.00. The molecular formula is C49H39N3. The molecule has 2 bridgehead atoms. The molecule has 1 aliphatic heterocycles. The first-order valence-electron chi connectivity index (χ1n) is 18.4. The van der Waals surface area contributed by atoms with Crippen LogP contribution in [0.15, 0.2) is 152 Å². The molecule has 2 aliphatic carbocycles. The Balaban J connectivity index is 0.00000177. The third kappa shape index (κ3) is 5.29. The van der Waals surface area contributed by atoms with Crippen molar-refractivity contribution in [1.82, 2.24) is 9.97 Å². The monoisotopic (exact) mass is 669 g/mol. The van der Waals surface area contributed by atoms with Crippen molar-refractivity contribution < 1.29 is 0 Å². The molecule has 10 rings (SSSR count). The lowest BCUT2D eigenvalue weighted by atomic mass is 9.88. The fraction of sp³-hybridized carbons (Fsp3) is 0.102. The van der Waals surface area contributed by atoms with Gasteiger partial charge in [0, 0.05) is 17.3 Å². The number of aromatic nitrogens is 2. The predicted molar refractivity (Wildman–Crippen MR) is 221 cm³/mol. The molecule has 2 heterocycles. The molecule has 3 aliphatic rings. The summed E-state index contributed by atoms with van der Waals surface area (Å²) in [6.45, 7) is 8.77. The van der Waals surface area contributed by atoms with E-state index < -0.39 is 0 Å². The number of rotatable bonds is 3. The molecule has 0 saturated heterocycles. The van der Waals surface area contributed by atoms with Crippen LogP contribution >= 0.6 is 0 Å². The summed E-state index contributed by atoms with van der Waals surface area (Å²) in [5.41, 5.74) is 17.0. The Bertz CT molecular complexity index is 2640. The molecule has 250 valence electrons. The normalized spacial score (nSPS) is 15.7. The van der Waals surface area contributed by atoms with Crippen molar-refractivity contribution in [3.8, 4) is 22.4 Å². The molecule has 3 nitrogen and oxygen atoms in total. The number of allylic oxidation sites excluding steroid dienone is 5. The van der Waals surface area contributed by atoms with Crippen molar-refractivity contribution in [3.05, 3.63) is 186 Å². The zero-order valence-corrected chi connectivity index (χ0v) is 29.6. The summed E-state index contributed by atoms with van der Waals surface area (Å²) in [7, 11) is 0. The number of nitrogens with zero attached hydrogens (tertiary/aromatic N) is 3. The van der Waals surface area contributed by atoms with Crippen LogP contribution in [0.3, 0.4) is 0 Å². The van der Waals surface area contributed by atoms with Crippen LogP contribution in [0.4, 0.5) is 11.5 Å². The smallest absolute Gasteiger partial charge is 0.164 e. The Morgan fingerprint density at radius 2 is 1.42 bits per heavy atom. The van der Waals surface area contributed by atoms with Crippen LogP contribution in [0, 0.1) is 0 Å². The maximum absolute atomic E-state index is 5.36. The molecule has 0 saturated carbocycles. The Labute approximate surface area is 305 Å². The highest BCUT2D eigenvalue weighted by Gasteiger charge is 2.29. The van der Waals surface area contributed by atoms with Gasteiger partial charge in [-0.15, -0.1) is 0 Å². The standard InChI is InChI=1S/C47H33N3.C2H6/c1-30-38-17-10-26-50(44-29-37-14-5-7-16-40(37)41(45(30)44)28-36-13-4-6-15-39(36)38)47-46(48-42-18-8-9-19-43(42)49-47)33-23-20-32(21-24-33)35-25-22-31-11-2-3-12-34(31)27-35;1-2/h3-10,12-27,29H,1-2,11,28H2;1-2H3/b26-10-,38-17+;. The van der Waals surface area contributed by atoms with Crippen LogP contribution in [0.5, 0.6) is 0 Å². The molecule has 6 aromatic carbocycles. The minimum Gasteiger partial charge on any atom is -0.299 e. The van der Waals surface area contributed by atoms with Crippen LogP contribution in [0.1, 0.15) is 53.6 Å². The summed E-state index contributed by atoms with van der Waals surface area (Å²) < 4.78 is 0. The maximum atomic E-state index is 5.36. The van der Waals surface area contributed by atoms with Gasteiger partial charge in [0.2, 0.25) is 0 Å². The van der Waals surface area contributed by atoms with Crippen molar-refractivity contribution in [2.45, 2.75) is 33.1 Å². The van der Waals surface area contributed by atoms with Crippen LogP contribution in [-0.4, -0.2) is 9.97 Å². The van der Waals surface area contributed by atoms with Crippen molar-refractivity contribution in [3.63, 3.8) is 0 Å². The molecule has 7 aromatic rings. The summed E-state index contributed by atoms with van der Waals surface area (Å²) in [5, 5.41) is 2.45. The van der Waals surface area contributed by atoms with Crippen LogP contribution < -0.4 is 4.90 Å². The minimum atomic E-state index is 0.788. The van der Waals surface area contributed by atoms with Gasteiger partial charge >= 0.3 is 0 Å². The van der Waals surface area contributed by atoms with E-state index in [4.69, 9.17) is 16.5 Å². The van der Waals surface area contributed by atoms with Crippen LogP contribution in [0.2, 0.25) is 0 Å². The quantitative estimate of drug-likeness (QED) is 0.187.